The lowest BCUT2D eigenvalue weighted by Gasteiger charge is -2.19. The molecule has 0 aliphatic heterocycles. The summed E-state index contributed by atoms with van der Waals surface area (Å²) < 4.78 is 43.3. The van der Waals surface area contributed by atoms with E-state index in [4.69, 9.17) is 4.74 Å². The van der Waals surface area contributed by atoms with Crippen molar-refractivity contribution in [3.63, 3.8) is 0 Å². The maximum atomic E-state index is 12.8. The highest BCUT2D eigenvalue weighted by Crippen LogP contribution is 2.24. The lowest BCUT2D eigenvalue weighted by molar-refractivity contribution is -0.153. The van der Waals surface area contributed by atoms with E-state index in [0.29, 0.717) is 11.4 Å². The molecule has 1 amide bonds. The molecule has 0 aliphatic carbocycles. The number of hydrogen-bond donors (Lipinski definition) is 1. The van der Waals surface area contributed by atoms with Crippen molar-refractivity contribution in [3.8, 4) is 5.75 Å². The highest BCUT2D eigenvalue weighted by Gasteiger charge is 2.28. The van der Waals surface area contributed by atoms with E-state index in [2.05, 4.69) is 41.4 Å². The molecule has 1 atom stereocenters. The van der Waals surface area contributed by atoms with Gasteiger partial charge in [-0.15, -0.1) is 5.10 Å². The Balaban J connectivity index is 1.74. The van der Waals surface area contributed by atoms with Crippen LogP contribution in [0.25, 0.3) is 0 Å². The van der Waals surface area contributed by atoms with Crippen LogP contribution in [-0.2, 0) is 23.7 Å². The molecule has 1 aromatic carbocycles. The molecule has 7 nitrogen and oxygen atoms in total. The smallest absolute Gasteiger partial charge is 0.422 e. The van der Waals surface area contributed by atoms with E-state index in [0.717, 1.165) is 5.56 Å². The molecule has 0 saturated carbocycles. The van der Waals surface area contributed by atoms with Crippen molar-refractivity contribution >= 4 is 5.91 Å². The summed E-state index contributed by atoms with van der Waals surface area (Å²) in [7, 11) is 1.69. The van der Waals surface area contributed by atoms with Crippen LogP contribution in [0.1, 0.15) is 49.3 Å². The van der Waals surface area contributed by atoms with Crippen LogP contribution in [0, 0.1) is 0 Å². The fourth-order valence-corrected chi connectivity index (χ4v) is 3.13. The maximum absolute atomic E-state index is 12.8. The van der Waals surface area contributed by atoms with Crippen molar-refractivity contribution in [3.05, 3.63) is 71.3 Å². The van der Waals surface area contributed by atoms with E-state index < -0.39 is 18.8 Å². The normalized spacial score (nSPS) is 12.9. The molecule has 0 aliphatic rings. The van der Waals surface area contributed by atoms with Gasteiger partial charge in [0.05, 0.1) is 24.5 Å². The summed E-state index contributed by atoms with van der Waals surface area (Å²) in [5.74, 6) is -0.285. The third kappa shape index (κ3) is 7.03. The minimum atomic E-state index is -4.44. The Morgan fingerprint density at radius 2 is 1.79 bits per heavy atom. The Morgan fingerprint density at radius 1 is 1.09 bits per heavy atom. The number of ether oxygens (including phenoxy) is 1. The summed E-state index contributed by atoms with van der Waals surface area (Å²) in [6.45, 7) is 4.94. The van der Waals surface area contributed by atoms with E-state index >= 15 is 0 Å². The van der Waals surface area contributed by atoms with Crippen LogP contribution in [0.15, 0.2) is 48.8 Å². The first kappa shape index (κ1) is 24.2. The Morgan fingerprint density at radius 3 is 2.30 bits per heavy atom. The Labute approximate surface area is 190 Å². The molecule has 0 spiro atoms. The molecule has 0 fully saturated rings. The highest BCUT2D eigenvalue weighted by molar-refractivity contribution is 5.79. The van der Waals surface area contributed by atoms with Crippen LogP contribution in [0.2, 0.25) is 0 Å². The summed E-state index contributed by atoms with van der Waals surface area (Å²) in [6.07, 6.45) is -1.48. The fraction of sp³-hybridized carbons (Fsp3) is 0.391. The molecule has 1 N–H and O–H groups in total. The number of benzene rings is 1. The Kier molecular flexibility index (Phi) is 7.04. The van der Waals surface area contributed by atoms with Crippen molar-refractivity contribution in [2.45, 2.75) is 44.8 Å². The molecule has 0 unspecified atom stereocenters. The first-order chi connectivity index (χ1) is 15.4. The summed E-state index contributed by atoms with van der Waals surface area (Å²) in [4.78, 5) is 17.0. The Hall–Kier alpha value is -3.43. The predicted molar refractivity (Wildman–Crippen MR) is 116 cm³/mol. The minimum Gasteiger partial charge on any atom is -0.483 e. The summed E-state index contributed by atoms with van der Waals surface area (Å²) >= 11 is 0. The van der Waals surface area contributed by atoms with Gasteiger partial charge < -0.3 is 10.1 Å². The molecule has 3 rings (SSSR count). The van der Waals surface area contributed by atoms with Gasteiger partial charge in [0.25, 0.3) is 0 Å². The zero-order chi connectivity index (χ0) is 24.2. The van der Waals surface area contributed by atoms with E-state index in [9.17, 15) is 18.0 Å². The predicted octanol–water partition coefficient (Wildman–Crippen LogP) is 3.90. The fourth-order valence-electron chi connectivity index (χ4n) is 3.13. The molecule has 0 radical (unpaired) electrons. The number of hydrogen-bond acceptors (Lipinski definition) is 5. The van der Waals surface area contributed by atoms with Crippen LogP contribution in [0.3, 0.4) is 0 Å². The molecule has 33 heavy (non-hydrogen) atoms. The van der Waals surface area contributed by atoms with Gasteiger partial charge in [-0.1, -0.05) is 50.3 Å². The summed E-state index contributed by atoms with van der Waals surface area (Å²) in [5, 5.41) is 10.9. The standard InChI is InChI=1S/C23H26F3N5O2/c1-22(2,3)16-7-5-15(6-8-16)11-20(32)28-21(19-13-31(4)30-29-19)18-10-9-17(12-27-18)33-14-23(24,25)26/h5-10,12-13,21H,11,14H2,1-4H3,(H,28,32)/t21-/m1/s1. The number of aromatic nitrogens is 4. The number of carbonyl (C=O) groups excluding carboxylic acids is 1. The van der Waals surface area contributed by atoms with Gasteiger partial charge in [-0.2, -0.15) is 13.2 Å². The minimum absolute atomic E-state index is 0.0134. The zero-order valence-corrected chi connectivity index (χ0v) is 18.8. The molecular weight excluding hydrogens is 435 g/mol. The lowest BCUT2D eigenvalue weighted by atomic mass is 9.86. The molecule has 176 valence electrons. The third-order valence-corrected chi connectivity index (χ3v) is 4.86. The van der Waals surface area contributed by atoms with Crippen molar-refractivity contribution in [1.82, 2.24) is 25.3 Å². The second-order valence-electron chi connectivity index (χ2n) is 8.76. The van der Waals surface area contributed by atoms with Gasteiger partial charge in [0, 0.05) is 7.05 Å². The summed E-state index contributed by atoms with van der Waals surface area (Å²) in [5.41, 5.74) is 2.87. The number of halogens is 3. The number of alkyl halides is 3. The lowest BCUT2D eigenvalue weighted by Crippen LogP contribution is -2.31. The van der Waals surface area contributed by atoms with E-state index in [1.165, 1.54) is 28.6 Å². The van der Waals surface area contributed by atoms with Crippen LogP contribution in [0.4, 0.5) is 13.2 Å². The van der Waals surface area contributed by atoms with Crippen LogP contribution < -0.4 is 10.1 Å². The van der Waals surface area contributed by atoms with Crippen molar-refractivity contribution in [1.29, 1.82) is 0 Å². The van der Waals surface area contributed by atoms with Gasteiger partial charge in [-0.05, 0) is 28.7 Å². The second kappa shape index (κ2) is 9.60. The molecule has 0 bridgehead atoms. The first-order valence-electron chi connectivity index (χ1n) is 10.3. The number of pyridine rings is 1. The van der Waals surface area contributed by atoms with Gasteiger partial charge in [-0.3, -0.25) is 14.5 Å². The van der Waals surface area contributed by atoms with Crippen molar-refractivity contribution < 1.29 is 22.7 Å². The average molecular weight is 461 g/mol. The molecule has 0 saturated heterocycles. The van der Waals surface area contributed by atoms with Crippen LogP contribution in [-0.4, -0.2) is 38.7 Å². The summed E-state index contributed by atoms with van der Waals surface area (Å²) in [6, 6.07) is 9.98. The number of rotatable bonds is 7. The molecule has 2 heterocycles. The van der Waals surface area contributed by atoms with Crippen molar-refractivity contribution in [2.24, 2.45) is 7.05 Å². The largest absolute Gasteiger partial charge is 0.483 e. The number of nitrogens with one attached hydrogen (secondary N) is 1. The van der Waals surface area contributed by atoms with Gasteiger partial charge in [0.15, 0.2) is 6.61 Å². The Bertz CT molecular complexity index is 1070. The monoisotopic (exact) mass is 461 g/mol. The van der Waals surface area contributed by atoms with Gasteiger partial charge >= 0.3 is 6.18 Å². The third-order valence-electron chi connectivity index (χ3n) is 4.86. The number of carbonyl (C=O) groups is 1. The van der Waals surface area contributed by atoms with E-state index in [1.807, 2.05) is 24.3 Å². The number of nitrogens with zero attached hydrogens (tertiary/aromatic N) is 4. The van der Waals surface area contributed by atoms with Gasteiger partial charge in [0.1, 0.15) is 17.5 Å². The SMILES string of the molecule is Cn1cc([C@H](NC(=O)Cc2ccc(C(C)(C)C)cc2)c2ccc(OCC(F)(F)F)cn2)nn1. The van der Waals surface area contributed by atoms with Crippen molar-refractivity contribution in [2.75, 3.05) is 6.61 Å². The van der Waals surface area contributed by atoms with Gasteiger partial charge in [-0.25, -0.2) is 0 Å². The molecule has 2 aromatic heterocycles. The van der Waals surface area contributed by atoms with E-state index in [1.54, 1.807) is 13.2 Å². The number of aryl methyl sites for hydroxylation is 1. The number of amides is 1. The maximum Gasteiger partial charge on any atom is 0.422 e. The first-order valence-corrected chi connectivity index (χ1v) is 10.3. The molecular formula is C23H26F3N5O2. The quantitative estimate of drug-likeness (QED) is 0.577. The average Bonchev–Trinajstić information content (AvgIpc) is 3.16. The van der Waals surface area contributed by atoms with E-state index in [-0.39, 0.29) is 23.5 Å². The molecule has 10 heteroatoms. The highest BCUT2D eigenvalue weighted by atomic mass is 19.4. The zero-order valence-electron chi connectivity index (χ0n) is 18.8. The topological polar surface area (TPSA) is 81.9 Å². The molecule has 3 aromatic rings. The van der Waals surface area contributed by atoms with Gasteiger partial charge in [0.2, 0.25) is 5.91 Å². The second-order valence-corrected chi connectivity index (χ2v) is 8.76. The van der Waals surface area contributed by atoms with Crippen LogP contribution >= 0.6 is 0 Å². The van der Waals surface area contributed by atoms with Crippen LogP contribution in [0.5, 0.6) is 5.75 Å².